The summed E-state index contributed by atoms with van der Waals surface area (Å²) in [5, 5.41) is 4.22. The van der Waals surface area contributed by atoms with Crippen LogP contribution in [-0.4, -0.2) is 40.4 Å². The molecule has 0 bridgehead atoms. The molecule has 4 nitrogen and oxygen atoms in total. The fraction of sp³-hybridized carbons (Fsp3) is 0.750. The van der Waals surface area contributed by atoms with Crippen LogP contribution in [0.3, 0.4) is 0 Å². The van der Waals surface area contributed by atoms with Crippen LogP contribution >= 0.6 is 0 Å². The van der Waals surface area contributed by atoms with Crippen molar-refractivity contribution in [1.29, 1.82) is 0 Å². The Morgan fingerprint density at radius 2 is 2.31 bits per heavy atom. The van der Waals surface area contributed by atoms with Crippen LogP contribution in [0.25, 0.3) is 0 Å². The second kappa shape index (κ2) is 6.01. The summed E-state index contributed by atoms with van der Waals surface area (Å²) < 4.78 is 2.02. The van der Waals surface area contributed by atoms with Gasteiger partial charge in [0.1, 0.15) is 0 Å². The molecule has 0 amide bonds. The van der Waals surface area contributed by atoms with Crippen molar-refractivity contribution in [3.05, 3.63) is 18.5 Å². The predicted octanol–water partition coefficient (Wildman–Crippen LogP) is 1.09. The number of aromatic nitrogens is 2. The average molecular weight is 222 g/mol. The normalized spacial score (nSPS) is 21.7. The first kappa shape index (κ1) is 11.6. The fourth-order valence-corrected chi connectivity index (χ4v) is 2.60. The molecule has 0 aromatic carbocycles. The summed E-state index contributed by atoms with van der Waals surface area (Å²) in [6.45, 7) is 4.13. The zero-order chi connectivity index (χ0) is 11.2. The van der Waals surface area contributed by atoms with Crippen LogP contribution in [0.2, 0.25) is 0 Å². The molecule has 1 fully saturated rings. The summed E-state index contributed by atoms with van der Waals surface area (Å²) in [5.41, 5.74) is 5.62. The van der Waals surface area contributed by atoms with E-state index >= 15 is 0 Å². The van der Waals surface area contributed by atoms with Crippen molar-refractivity contribution in [1.82, 2.24) is 14.7 Å². The zero-order valence-electron chi connectivity index (χ0n) is 9.89. The fourth-order valence-electron chi connectivity index (χ4n) is 2.60. The SMILES string of the molecule is NCCN1CCCC1CCCn1cccn1. The number of rotatable bonds is 6. The molecule has 0 saturated carbocycles. The van der Waals surface area contributed by atoms with Crippen molar-refractivity contribution in [3.63, 3.8) is 0 Å². The quantitative estimate of drug-likeness (QED) is 0.783. The molecule has 1 unspecified atom stereocenters. The van der Waals surface area contributed by atoms with Gasteiger partial charge < -0.3 is 5.73 Å². The van der Waals surface area contributed by atoms with Crippen LogP contribution < -0.4 is 5.73 Å². The van der Waals surface area contributed by atoms with Crippen LogP contribution in [0.1, 0.15) is 25.7 Å². The summed E-state index contributed by atoms with van der Waals surface area (Å²) in [6.07, 6.45) is 9.06. The van der Waals surface area contributed by atoms with Crippen LogP contribution in [0, 0.1) is 0 Å². The monoisotopic (exact) mass is 222 g/mol. The Balaban J connectivity index is 1.69. The van der Waals surface area contributed by atoms with Crippen LogP contribution in [-0.2, 0) is 6.54 Å². The predicted molar refractivity (Wildman–Crippen MR) is 65.1 cm³/mol. The van der Waals surface area contributed by atoms with Crippen molar-refractivity contribution in [2.45, 2.75) is 38.3 Å². The van der Waals surface area contributed by atoms with Gasteiger partial charge in [-0.05, 0) is 38.3 Å². The Morgan fingerprint density at radius 1 is 1.38 bits per heavy atom. The molecule has 1 aliphatic heterocycles. The average Bonchev–Trinajstić information content (AvgIpc) is 2.91. The second-order valence-electron chi connectivity index (χ2n) is 4.53. The Kier molecular flexibility index (Phi) is 4.36. The molecule has 90 valence electrons. The van der Waals surface area contributed by atoms with E-state index in [4.69, 9.17) is 5.73 Å². The van der Waals surface area contributed by atoms with Gasteiger partial charge in [0.15, 0.2) is 0 Å². The third-order valence-corrected chi connectivity index (χ3v) is 3.40. The van der Waals surface area contributed by atoms with E-state index in [-0.39, 0.29) is 0 Å². The number of nitrogens with two attached hydrogens (primary N) is 1. The van der Waals surface area contributed by atoms with E-state index in [9.17, 15) is 0 Å². The van der Waals surface area contributed by atoms with Gasteiger partial charge in [-0.3, -0.25) is 9.58 Å². The van der Waals surface area contributed by atoms with Gasteiger partial charge in [-0.25, -0.2) is 0 Å². The standard InChI is InChI=1S/C12H22N4/c13-6-11-15-8-1-4-12(15)5-2-9-16-10-3-7-14-16/h3,7,10,12H,1-2,4-6,8-9,11,13H2. The van der Waals surface area contributed by atoms with Gasteiger partial charge in [0.05, 0.1) is 0 Å². The van der Waals surface area contributed by atoms with E-state index in [1.54, 1.807) is 0 Å². The number of likely N-dealkylation sites (tertiary alicyclic amines) is 1. The Morgan fingerprint density at radius 3 is 3.06 bits per heavy atom. The van der Waals surface area contributed by atoms with Crippen LogP contribution in [0.4, 0.5) is 0 Å². The summed E-state index contributed by atoms with van der Waals surface area (Å²) in [4.78, 5) is 2.54. The van der Waals surface area contributed by atoms with Crippen molar-refractivity contribution in [2.24, 2.45) is 5.73 Å². The highest BCUT2D eigenvalue weighted by molar-refractivity contribution is 4.80. The third kappa shape index (κ3) is 3.06. The molecule has 1 atom stereocenters. The maximum Gasteiger partial charge on any atom is 0.0489 e. The zero-order valence-corrected chi connectivity index (χ0v) is 9.89. The van der Waals surface area contributed by atoms with Gasteiger partial charge in [-0.1, -0.05) is 0 Å². The second-order valence-corrected chi connectivity index (χ2v) is 4.53. The molecular formula is C12H22N4. The van der Waals surface area contributed by atoms with Crippen molar-refractivity contribution < 1.29 is 0 Å². The van der Waals surface area contributed by atoms with Crippen molar-refractivity contribution >= 4 is 0 Å². The molecule has 2 heterocycles. The minimum Gasteiger partial charge on any atom is -0.329 e. The Bertz CT molecular complexity index is 283. The first-order valence-corrected chi connectivity index (χ1v) is 6.31. The molecule has 4 heteroatoms. The minimum absolute atomic E-state index is 0.763. The van der Waals surface area contributed by atoms with Crippen LogP contribution in [0.15, 0.2) is 18.5 Å². The number of aryl methyl sites for hydroxylation is 1. The first-order chi connectivity index (χ1) is 7.90. The van der Waals surface area contributed by atoms with E-state index in [1.165, 1.54) is 32.2 Å². The molecule has 1 aromatic heterocycles. The highest BCUT2D eigenvalue weighted by Crippen LogP contribution is 2.20. The van der Waals surface area contributed by atoms with E-state index in [0.717, 1.165) is 25.7 Å². The highest BCUT2D eigenvalue weighted by atomic mass is 15.3. The van der Waals surface area contributed by atoms with Crippen molar-refractivity contribution in [2.75, 3.05) is 19.6 Å². The molecule has 1 aliphatic rings. The van der Waals surface area contributed by atoms with Crippen molar-refractivity contribution in [3.8, 4) is 0 Å². The topological polar surface area (TPSA) is 47.1 Å². The molecule has 2 N–H and O–H groups in total. The first-order valence-electron chi connectivity index (χ1n) is 6.31. The van der Waals surface area contributed by atoms with E-state index in [1.807, 2.05) is 23.1 Å². The number of hydrogen-bond acceptors (Lipinski definition) is 3. The molecule has 2 rings (SSSR count). The molecule has 0 radical (unpaired) electrons. The lowest BCUT2D eigenvalue weighted by Crippen LogP contribution is -2.34. The van der Waals surface area contributed by atoms with E-state index in [2.05, 4.69) is 10.00 Å². The molecule has 0 aliphatic carbocycles. The number of nitrogens with zero attached hydrogens (tertiary/aromatic N) is 3. The summed E-state index contributed by atoms with van der Waals surface area (Å²) >= 11 is 0. The molecule has 16 heavy (non-hydrogen) atoms. The third-order valence-electron chi connectivity index (χ3n) is 3.40. The summed E-state index contributed by atoms with van der Waals surface area (Å²) in [5.74, 6) is 0. The van der Waals surface area contributed by atoms with Gasteiger partial charge in [-0.2, -0.15) is 5.10 Å². The Labute approximate surface area is 97.4 Å². The maximum atomic E-state index is 5.62. The molecule has 1 aromatic rings. The summed E-state index contributed by atoms with van der Waals surface area (Å²) in [6, 6.07) is 2.75. The summed E-state index contributed by atoms with van der Waals surface area (Å²) in [7, 11) is 0. The van der Waals surface area contributed by atoms with Gasteiger partial charge in [-0.15, -0.1) is 0 Å². The Hall–Kier alpha value is -0.870. The smallest absolute Gasteiger partial charge is 0.0489 e. The lowest BCUT2D eigenvalue weighted by Gasteiger charge is -2.23. The largest absolute Gasteiger partial charge is 0.329 e. The molecule has 1 saturated heterocycles. The van der Waals surface area contributed by atoms with Crippen LogP contribution in [0.5, 0.6) is 0 Å². The lowest BCUT2D eigenvalue weighted by molar-refractivity contribution is 0.243. The lowest BCUT2D eigenvalue weighted by atomic mass is 10.1. The maximum absolute atomic E-state index is 5.62. The van der Waals surface area contributed by atoms with Gasteiger partial charge in [0.25, 0.3) is 0 Å². The van der Waals surface area contributed by atoms with Gasteiger partial charge in [0, 0.05) is 38.1 Å². The highest BCUT2D eigenvalue weighted by Gasteiger charge is 2.22. The van der Waals surface area contributed by atoms with Gasteiger partial charge >= 0.3 is 0 Å². The molecular weight excluding hydrogens is 200 g/mol. The van der Waals surface area contributed by atoms with E-state index < -0.39 is 0 Å². The molecule has 0 spiro atoms. The van der Waals surface area contributed by atoms with Gasteiger partial charge in [0.2, 0.25) is 0 Å². The minimum atomic E-state index is 0.763. The number of hydrogen-bond donors (Lipinski definition) is 1. The van der Waals surface area contributed by atoms with E-state index in [0.29, 0.717) is 0 Å².